The molecular weight excluding hydrogens is 304 g/mol. The number of amides is 2. The normalized spacial score (nSPS) is 24.2. The van der Waals surface area contributed by atoms with E-state index in [1.54, 1.807) is 6.20 Å². The second-order valence-corrected chi connectivity index (χ2v) is 7.06. The van der Waals surface area contributed by atoms with Crippen molar-refractivity contribution in [3.05, 3.63) is 23.5 Å². The molecule has 4 N–H and O–H groups in total. The minimum absolute atomic E-state index is 0.0542. The zero-order valence-electron chi connectivity index (χ0n) is 14.2. The lowest BCUT2D eigenvalue weighted by Crippen LogP contribution is -2.36. The summed E-state index contributed by atoms with van der Waals surface area (Å²) < 4.78 is 0. The van der Waals surface area contributed by atoms with E-state index in [-0.39, 0.29) is 18.7 Å². The maximum atomic E-state index is 12.5. The SMILES string of the molecule is NC1CCc2ncc(NC(=O)N3CCCC(CCO)CC3)cc2C1. The predicted octanol–water partition coefficient (Wildman–Crippen LogP) is 1.91. The lowest BCUT2D eigenvalue weighted by Gasteiger charge is -2.23. The monoisotopic (exact) mass is 332 g/mol. The Balaban J connectivity index is 1.59. The summed E-state index contributed by atoms with van der Waals surface area (Å²) in [6.07, 6.45) is 8.36. The van der Waals surface area contributed by atoms with Gasteiger partial charge in [-0.15, -0.1) is 0 Å². The van der Waals surface area contributed by atoms with Crippen molar-refractivity contribution in [1.82, 2.24) is 9.88 Å². The highest BCUT2D eigenvalue weighted by Crippen LogP contribution is 2.23. The van der Waals surface area contributed by atoms with Gasteiger partial charge in [0.1, 0.15) is 0 Å². The number of carbonyl (C=O) groups is 1. The second-order valence-electron chi connectivity index (χ2n) is 7.06. The van der Waals surface area contributed by atoms with Crippen LogP contribution >= 0.6 is 0 Å². The van der Waals surface area contributed by atoms with E-state index in [9.17, 15) is 4.79 Å². The highest BCUT2D eigenvalue weighted by molar-refractivity contribution is 5.89. The first-order valence-electron chi connectivity index (χ1n) is 9.06. The van der Waals surface area contributed by atoms with Crippen LogP contribution in [0.4, 0.5) is 10.5 Å². The number of urea groups is 1. The number of carbonyl (C=O) groups excluding carboxylic acids is 1. The smallest absolute Gasteiger partial charge is 0.321 e. The molecule has 0 aromatic carbocycles. The fourth-order valence-electron chi connectivity index (χ4n) is 3.76. The fraction of sp³-hybridized carbons (Fsp3) is 0.667. The number of pyridine rings is 1. The largest absolute Gasteiger partial charge is 0.396 e. The van der Waals surface area contributed by atoms with E-state index in [1.165, 1.54) is 0 Å². The standard InChI is InChI=1S/C18H28N4O2/c19-15-3-4-17-14(10-15)11-16(12-20-17)21-18(24)22-7-1-2-13(5-8-22)6-9-23/h11-13,15,23H,1-10,19H2,(H,21,24). The number of aliphatic hydroxyl groups is 1. The molecule has 0 saturated carbocycles. The van der Waals surface area contributed by atoms with Gasteiger partial charge in [-0.25, -0.2) is 4.79 Å². The second kappa shape index (κ2) is 7.94. The topological polar surface area (TPSA) is 91.5 Å². The number of aliphatic hydroxyl groups excluding tert-OH is 1. The van der Waals surface area contributed by atoms with Crippen LogP contribution in [0.5, 0.6) is 0 Å². The molecule has 1 aliphatic carbocycles. The van der Waals surface area contributed by atoms with E-state index < -0.39 is 0 Å². The first kappa shape index (κ1) is 17.2. The van der Waals surface area contributed by atoms with Gasteiger partial charge in [0.15, 0.2) is 0 Å². The molecule has 0 spiro atoms. The zero-order valence-corrected chi connectivity index (χ0v) is 14.2. The van der Waals surface area contributed by atoms with Gasteiger partial charge in [0.25, 0.3) is 0 Å². The van der Waals surface area contributed by atoms with Crippen LogP contribution in [0.1, 0.15) is 43.4 Å². The van der Waals surface area contributed by atoms with Crippen LogP contribution in [-0.2, 0) is 12.8 Å². The number of nitrogens with one attached hydrogen (secondary N) is 1. The quantitative estimate of drug-likeness (QED) is 0.788. The van der Waals surface area contributed by atoms with Gasteiger partial charge in [0, 0.05) is 31.4 Å². The Bertz CT molecular complexity index is 578. The number of anilines is 1. The van der Waals surface area contributed by atoms with Crippen LogP contribution in [0.15, 0.2) is 12.3 Å². The average Bonchev–Trinajstić information content (AvgIpc) is 2.80. The molecule has 2 aliphatic rings. The van der Waals surface area contributed by atoms with Crippen LogP contribution in [0.2, 0.25) is 0 Å². The molecule has 0 radical (unpaired) electrons. The van der Waals surface area contributed by atoms with E-state index >= 15 is 0 Å². The third-order valence-electron chi connectivity index (χ3n) is 5.22. The Labute approximate surface area is 143 Å². The summed E-state index contributed by atoms with van der Waals surface area (Å²) in [6.45, 7) is 1.76. The Morgan fingerprint density at radius 1 is 1.38 bits per heavy atom. The molecule has 3 rings (SSSR count). The van der Waals surface area contributed by atoms with Crippen molar-refractivity contribution >= 4 is 11.7 Å². The highest BCUT2D eigenvalue weighted by atomic mass is 16.3. The summed E-state index contributed by atoms with van der Waals surface area (Å²) in [5.74, 6) is 0.527. The molecule has 132 valence electrons. The minimum atomic E-state index is -0.0542. The van der Waals surface area contributed by atoms with Crippen LogP contribution < -0.4 is 11.1 Å². The van der Waals surface area contributed by atoms with Crippen LogP contribution in [0.25, 0.3) is 0 Å². The van der Waals surface area contributed by atoms with Crippen molar-refractivity contribution < 1.29 is 9.90 Å². The molecule has 6 nitrogen and oxygen atoms in total. The molecule has 2 heterocycles. The summed E-state index contributed by atoms with van der Waals surface area (Å²) in [6, 6.07) is 2.16. The molecule has 1 saturated heterocycles. The lowest BCUT2D eigenvalue weighted by molar-refractivity contribution is 0.211. The number of aromatic nitrogens is 1. The average molecular weight is 332 g/mol. The molecule has 0 bridgehead atoms. The van der Waals surface area contributed by atoms with E-state index in [2.05, 4.69) is 10.3 Å². The molecule has 1 aliphatic heterocycles. The molecule has 1 aromatic rings. The molecule has 2 amide bonds. The van der Waals surface area contributed by atoms with Crippen molar-refractivity contribution in [2.24, 2.45) is 11.7 Å². The van der Waals surface area contributed by atoms with Gasteiger partial charge < -0.3 is 21.1 Å². The number of fused-ring (bicyclic) bond motifs is 1. The van der Waals surface area contributed by atoms with Crippen molar-refractivity contribution in [3.8, 4) is 0 Å². The molecule has 1 fully saturated rings. The van der Waals surface area contributed by atoms with Crippen molar-refractivity contribution in [2.45, 2.75) is 51.0 Å². The summed E-state index contributed by atoms with van der Waals surface area (Å²) in [4.78, 5) is 18.9. The summed E-state index contributed by atoms with van der Waals surface area (Å²) in [5.41, 5.74) is 9.05. The maximum Gasteiger partial charge on any atom is 0.321 e. The van der Waals surface area contributed by atoms with E-state index in [1.807, 2.05) is 11.0 Å². The van der Waals surface area contributed by atoms with Gasteiger partial charge >= 0.3 is 6.03 Å². The summed E-state index contributed by atoms with van der Waals surface area (Å²) in [7, 11) is 0. The Kier molecular flexibility index (Phi) is 5.68. The Hall–Kier alpha value is -1.66. The molecular formula is C18H28N4O2. The molecule has 2 unspecified atom stereocenters. The Morgan fingerprint density at radius 3 is 3.08 bits per heavy atom. The van der Waals surface area contributed by atoms with Crippen LogP contribution in [0.3, 0.4) is 0 Å². The minimum Gasteiger partial charge on any atom is -0.396 e. The highest BCUT2D eigenvalue weighted by Gasteiger charge is 2.21. The first-order chi connectivity index (χ1) is 11.7. The number of nitrogens with zero attached hydrogens (tertiary/aromatic N) is 2. The third kappa shape index (κ3) is 4.24. The van der Waals surface area contributed by atoms with Crippen molar-refractivity contribution in [1.29, 1.82) is 0 Å². The van der Waals surface area contributed by atoms with Crippen molar-refractivity contribution in [3.63, 3.8) is 0 Å². The van der Waals surface area contributed by atoms with E-state index in [4.69, 9.17) is 10.8 Å². The molecule has 24 heavy (non-hydrogen) atoms. The number of hydrogen-bond donors (Lipinski definition) is 3. The van der Waals surface area contributed by atoms with E-state index in [0.717, 1.165) is 75.0 Å². The number of likely N-dealkylation sites (tertiary alicyclic amines) is 1. The lowest BCUT2D eigenvalue weighted by atomic mass is 9.92. The van der Waals surface area contributed by atoms with Crippen LogP contribution in [-0.4, -0.2) is 46.8 Å². The molecule has 6 heteroatoms. The van der Waals surface area contributed by atoms with Gasteiger partial charge in [-0.2, -0.15) is 0 Å². The van der Waals surface area contributed by atoms with Gasteiger partial charge in [-0.05, 0) is 62.5 Å². The molecule has 2 atom stereocenters. The Morgan fingerprint density at radius 2 is 2.25 bits per heavy atom. The number of hydrogen-bond acceptors (Lipinski definition) is 4. The van der Waals surface area contributed by atoms with Crippen molar-refractivity contribution in [2.75, 3.05) is 25.0 Å². The van der Waals surface area contributed by atoms with E-state index in [0.29, 0.717) is 5.92 Å². The maximum absolute atomic E-state index is 12.5. The van der Waals surface area contributed by atoms with Gasteiger partial charge in [-0.3, -0.25) is 4.98 Å². The van der Waals surface area contributed by atoms with Crippen LogP contribution in [0, 0.1) is 5.92 Å². The molecule has 1 aromatic heterocycles. The third-order valence-corrected chi connectivity index (χ3v) is 5.22. The fourth-order valence-corrected chi connectivity index (χ4v) is 3.76. The summed E-state index contributed by atoms with van der Waals surface area (Å²) in [5, 5.41) is 12.1. The number of nitrogens with two attached hydrogens (primary N) is 1. The zero-order chi connectivity index (χ0) is 16.9. The first-order valence-corrected chi connectivity index (χ1v) is 9.06. The predicted molar refractivity (Wildman–Crippen MR) is 93.9 cm³/mol. The number of aryl methyl sites for hydroxylation is 1. The van der Waals surface area contributed by atoms with Gasteiger partial charge in [0.2, 0.25) is 0 Å². The number of rotatable bonds is 3. The summed E-state index contributed by atoms with van der Waals surface area (Å²) >= 11 is 0. The van der Waals surface area contributed by atoms with Gasteiger partial charge in [0.05, 0.1) is 11.9 Å². The van der Waals surface area contributed by atoms with Gasteiger partial charge in [-0.1, -0.05) is 0 Å².